The first-order valence-corrected chi connectivity index (χ1v) is 12.6. The Kier molecular flexibility index (Phi) is 7.58. The van der Waals surface area contributed by atoms with Gasteiger partial charge in [-0.2, -0.15) is 0 Å². The zero-order chi connectivity index (χ0) is 24.1. The molecular weight excluding hydrogens is 488 g/mol. The van der Waals surface area contributed by atoms with Crippen LogP contribution >= 0.6 is 34.7 Å². The molecule has 0 unspecified atom stereocenters. The van der Waals surface area contributed by atoms with Crippen molar-refractivity contribution in [1.29, 1.82) is 0 Å². The molecule has 0 bridgehead atoms. The van der Waals surface area contributed by atoms with E-state index < -0.39 is 11.5 Å². The number of benzene rings is 3. The molecule has 5 nitrogen and oxygen atoms in total. The van der Waals surface area contributed by atoms with Gasteiger partial charge in [-0.3, -0.25) is 4.79 Å². The van der Waals surface area contributed by atoms with E-state index in [1.54, 1.807) is 18.7 Å². The van der Waals surface area contributed by atoms with Gasteiger partial charge in [-0.05, 0) is 42.8 Å². The average Bonchev–Trinajstić information content (AvgIpc) is 3.29. The fourth-order valence-electron chi connectivity index (χ4n) is 3.32. The molecule has 1 atom stereocenters. The summed E-state index contributed by atoms with van der Waals surface area (Å²) in [6.07, 6.45) is -0.197. The number of rotatable bonds is 9. The van der Waals surface area contributed by atoms with E-state index >= 15 is 0 Å². The molecule has 0 radical (unpaired) electrons. The largest absolute Gasteiger partial charge is 0.489 e. The number of aromatic nitrogens is 1. The Labute approximate surface area is 211 Å². The van der Waals surface area contributed by atoms with E-state index in [-0.39, 0.29) is 6.42 Å². The quantitative estimate of drug-likeness (QED) is 0.256. The minimum Gasteiger partial charge on any atom is -0.489 e. The highest BCUT2D eigenvalue weighted by atomic mass is 35.5. The standard InChI is InChI=1S/C26H23ClN2O3S2/c1-26(28,14-24(30)31)25-29-23(16-33-25)21-11-10-20(13-22(21)27)34-19-9-5-8-18(12-19)32-15-17-6-3-2-4-7-17/h2-13,16H,14-15,28H2,1H3,(H,30,31)/t26-/m0/s1. The van der Waals surface area contributed by atoms with E-state index in [0.29, 0.717) is 22.3 Å². The molecular formula is C26H23ClN2O3S2. The lowest BCUT2D eigenvalue weighted by Crippen LogP contribution is -2.35. The van der Waals surface area contributed by atoms with E-state index in [2.05, 4.69) is 4.98 Å². The van der Waals surface area contributed by atoms with Crippen LogP contribution in [0.15, 0.2) is 88.0 Å². The molecule has 0 fully saturated rings. The highest BCUT2D eigenvalue weighted by Gasteiger charge is 2.28. The Hall–Kier alpha value is -2.84. The molecule has 0 saturated carbocycles. The van der Waals surface area contributed by atoms with Crippen molar-refractivity contribution in [3.8, 4) is 17.0 Å². The minimum atomic E-state index is -1.04. The van der Waals surface area contributed by atoms with Gasteiger partial charge < -0.3 is 15.6 Å². The Morgan fingerprint density at radius 3 is 2.62 bits per heavy atom. The predicted molar refractivity (Wildman–Crippen MR) is 138 cm³/mol. The van der Waals surface area contributed by atoms with Gasteiger partial charge in [0.05, 0.1) is 22.7 Å². The highest BCUT2D eigenvalue weighted by molar-refractivity contribution is 7.99. The second kappa shape index (κ2) is 10.6. The van der Waals surface area contributed by atoms with Crippen molar-refractivity contribution in [2.75, 3.05) is 0 Å². The Morgan fingerprint density at radius 2 is 1.88 bits per heavy atom. The highest BCUT2D eigenvalue weighted by Crippen LogP contribution is 2.37. The Bertz CT molecular complexity index is 1290. The molecule has 0 aliphatic carbocycles. The maximum absolute atomic E-state index is 11.1. The van der Waals surface area contributed by atoms with Crippen molar-refractivity contribution in [2.24, 2.45) is 5.73 Å². The number of thiazole rings is 1. The van der Waals surface area contributed by atoms with Crippen LogP contribution in [0, 0.1) is 0 Å². The van der Waals surface area contributed by atoms with Crippen molar-refractivity contribution in [3.63, 3.8) is 0 Å². The van der Waals surface area contributed by atoms with Crippen LogP contribution in [0.1, 0.15) is 23.9 Å². The van der Waals surface area contributed by atoms with Gasteiger partial charge in [-0.15, -0.1) is 11.3 Å². The summed E-state index contributed by atoms with van der Waals surface area (Å²) >= 11 is 9.51. The van der Waals surface area contributed by atoms with Gasteiger partial charge in [0.15, 0.2) is 0 Å². The number of carboxylic acids is 1. The Balaban J connectivity index is 1.45. The third kappa shape index (κ3) is 6.18. The number of nitrogens with zero attached hydrogens (tertiary/aromatic N) is 1. The summed E-state index contributed by atoms with van der Waals surface area (Å²) in [5, 5.41) is 12.1. The smallest absolute Gasteiger partial charge is 0.305 e. The number of halogens is 1. The monoisotopic (exact) mass is 510 g/mol. The first-order valence-electron chi connectivity index (χ1n) is 10.5. The zero-order valence-corrected chi connectivity index (χ0v) is 20.8. The van der Waals surface area contributed by atoms with Gasteiger partial charge in [0.1, 0.15) is 17.4 Å². The van der Waals surface area contributed by atoms with Crippen molar-refractivity contribution in [2.45, 2.75) is 35.3 Å². The number of aliphatic carboxylic acids is 1. The third-order valence-corrected chi connectivity index (χ3v) is 7.43. The van der Waals surface area contributed by atoms with E-state index in [4.69, 9.17) is 27.2 Å². The zero-order valence-electron chi connectivity index (χ0n) is 18.4. The summed E-state index contributed by atoms with van der Waals surface area (Å²) in [4.78, 5) is 17.7. The predicted octanol–water partition coefficient (Wildman–Crippen LogP) is 6.84. The van der Waals surface area contributed by atoms with Crippen LogP contribution in [0.3, 0.4) is 0 Å². The van der Waals surface area contributed by atoms with Crippen molar-refractivity contribution in [3.05, 3.63) is 93.8 Å². The van der Waals surface area contributed by atoms with Crippen LogP contribution in [0.2, 0.25) is 5.02 Å². The molecule has 8 heteroatoms. The summed E-state index contributed by atoms with van der Waals surface area (Å²) in [5.41, 5.74) is 7.70. The number of hydrogen-bond donors (Lipinski definition) is 2. The molecule has 174 valence electrons. The molecule has 34 heavy (non-hydrogen) atoms. The lowest BCUT2D eigenvalue weighted by atomic mass is 10.0. The van der Waals surface area contributed by atoms with Crippen LogP contribution in [0.25, 0.3) is 11.3 Å². The first-order chi connectivity index (χ1) is 16.3. The maximum atomic E-state index is 11.1. The number of carbonyl (C=O) groups is 1. The lowest BCUT2D eigenvalue weighted by Gasteiger charge is -2.19. The number of nitrogens with two attached hydrogens (primary N) is 1. The summed E-state index contributed by atoms with van der Waals surface area (Å²) in [6, 6.07) is 23.8. The summed E-state index contributed by atoms with van der Waals surface area (Å²) in [6.45, 7) is 2.18. The lowest BCUT2D eigenvalue weighted by molar-refractivity contribution is -0.138. The van der Waals surface area contributed by atoms with E-state index in [1.165, 1.54) is 11.3 Å². The molecule has 0 saturated heterocycles. The van der Waals surface area contributed by atoms with Gasteiger partial charge in [-0.1, -0.05) is 65.8 Å². The normalized spacial score (nSPS) is 12.8. The van der Waals surface area contributed by atoms with Crippen LogP contribution in [-0.4, -0.2) is 16.1 Å². The second-order valence-electron chi connectivity index (χ2n) is 8.02. The topological polar surface area (TPSA) is 85.4 Å². The van der Waals surface area contributed by atoms with Gasteiger partial charge in [-0.25, -0.2) is 4.98 Å². The number of hydrogen-bond acceptors (Lipinski definition) is 6. The summed E-state index contributed by atoms with van der Waals surface area (Å²) in [5.74, 6) is -0.159. The third-order valence-electron chi connectivity index (χ3n) is 5.02. The Morgan fingerprint density at radius 1 is 1.12 bits per heavy atom. The van der Waals surface area contributed by atoms with E-state index in [9.17, 15) is 4.79 Å². The van der Waals surface area contributed by atoms with Crippen LogP contribution in [0.5, 0.6) is 5.75 Å². The fourth-order valence-corrected chi connectivity index (χ4v) is 5.47. The minimum absolute atomic E-state index is 0.197. The SMILES string of the molecule is C[C@](N)(CC(=O)O)c1nc(-c2ccc(Sc3cccc(OCc4ccccc4)c3)cc2Cl)cs1. The van der Waals surface area contributed by atoms with E-state index in [1.807, 2.05) is 78.2 Å². The molecule has 0 amide bonds. The van der Waals surface area contributed by atoms with Gasteiger partial charge in [0, 0.05) is 20.7 Å². The molecule has 4 aromatic rings. The van der Waals surface area contributed by atoms with Crippen molar-refractivity contribution in [1.82, 2.24) is 4.98 Å². The van der Waals surface area contributed by atoms with Crippen molar-refractivity contribution >= 4 is 40.7 Å². The van der Waals surface area contributed by atoms with E-state index in [0.717, 1.165) is 26.7 Å². The average molecular weight is 511 g/mol. The first kappa shape index (κ1) is 24.3. The van der Waals surface area contributed by atoms with Gasteiger partial charge in [0.25, 0.3) is 0 Å². The van der Waals surface area contributed by atoms with Crippen LogP contribution in [0.4, 0.5) is 0 Å². The number of ether oxygens (including phenoxy) is 1. The van der Waals surface area contributed by atoms with Crippen molar-refractivity contribution < 1.29 is 14.6 Å². The van der Waals surface area contributed by atoms with Crippen LogP contribution in [-0.2, 0) is 16.9 Å². The van der Waals surface area contributed by atoms with Crippen LogP contribution < -0.4 is 10.5 Å². The summed E-state index contributed by atoms with van der Waals surface area (Å²) < 4.78 is 5.93. The summed E-state index contributed by atoms with van der Waals surface area (Å²) in [7, 11) is 0. The molecule has 0 aliphatic rings. The van der Waals surface area contributed by atoms with Gasteiger partial charge >= 0.3 is 5.97 Å². The molecule has 1 aromatic heterocycles. The molecule has 0 aliphatic heterocycles. The molecule has 4 rings (SSSR count). The van der Waals surface area contributed by atoms with Gasteiger partial charge in [0.2, 0.25) is 0 Å². The second-order valence-corrected chi connectivity index (χ2v) is 10.4. The molecule has 3 N–H and O–H groups in total. The fraction of sp³-hybridized carbons (Fsp3) is 0.154. The number of carboxylic acid groups (broad SMARTS) is 1. The molecule has 0 spiro atoms. The maximum Gasteiger partial charge on any atom is 0.305 e. The molecule has 3 aromatic carbocycles. The molecule has 1 heterocycles.